The summed E-state index contributed by atoms with van der Waals surface area (Å²) in [7, 11) is 0. The van der Waals surface area contributed by atoms with Gasteiger partial charge in [0.05, 0.1) is 13.0 Å². The van der Waals surface area contributed by atoms with Crippen molar-refractivity contribution in [2.45, 2.75) is 12.8 Å². The van der Waals surface area contributed by atoms with Gasteiger partial charge >= 0.3 is 5.97 Å². The Balaban J connectivity index is 2.20. The van der Waals surface area contributed by atoms with Crippen LogP contribution in [-0.2, 0) is 4.79 Å². The first-order chi connectivity index (χ1) is 9.22. The van der Waals surface area contributed by atoms with E-state index in [2.05, 4.69) is 11.5 Å². The molecular weight excluding hydrogens is 242 g/mol. The number of carbonyl (C=O) groups is 1. The van der Waals surface area contributed by atoms with Crippen molar-refractivity contribution in [2.24, 2.45) is 0 Å². The van der Waals surface area contributed by atoms with Crippen molar-refractivity contribution in [1.82, 2.24) is 4.90 Å². The van der Waals surface area contributed by atoms with Gasteiger partial charge in [-0.3, -0.25) is 9.69 Å². The Labute approximate surface area is 114 Å². The molecule has 0 saturated heterocycles. The fourth-order valence-electron chi connectivity index (χ4n) is 1.73. The Morgan fingerprint density at radius 1 is 1.32 bits per heavy atom. The molecule has 1 rings (SSSR count). The van der Waals surface area contributed by atoms with Gasteiger partial charge in [-0.15, -0.1) is 6.58 Å². The largest absolute Gasteiger partial charge is 0.494 e. The normalized spacial score (nSPS) is 10.4. The number of benzene rings is 1. The van der Waals surface area contributed by atoms with Crippen LogP contribution in [0.25, 0.3) is 0 Å². The van der Waals surface area contributed by atoms with Crippen LogP contribution in [0.4, 0.5) is 0 Å². The van der Waals surface area contributed by atoms with Crippen LogP contribution < -0.4 is 4.74 Å². The van der Waals surface area contributed by atoms with Gasteiger partial charge in [-0.25, -0.2) is 0 Å². The first-order valence-electron chi connectivity index (χ1n) is 6.45. The van der Waals surface area contributed by atoms with Crippen LogP contribution in [0.1, 0.15) is 12.8 Å². The quantitative estimate of drug-likeness (QED) is 0.520. The second kappa shape index (κ2) is 9.16. The van der Waals surface area contributed by atoms with Crippen LogP contribution in [0.3, 0.4) is 0 Å². The van der Waals surface area contributed by atoms with Gasteiger partial charge in [0.25, 0.3) is 0 Å². The summed E-state index contributed by atoms with van der Waals surface area (Å²) in [4.78, 5) is 12.6. The lowest BCUT2D eigenvalue weighted by Crippen LogP contribution is -2.28. The SMILES string of the molecule is C=CCN(CCCOc1ccccc1)CCC(=O)O. The molecule has 0 aliphatic rings. The zero-order valence-electron chi connectivity index (χ0n) is 11.1. The molecule has 1 aromatic rings. The third kappa shape index (κ3) is 7.26. The van der Waals surface area contributed by atoms with E-state index >= 15 is 0 Å². The third-order valence-electron chi connectivity index (χ3n) is 2.66. The number of nitrogens with zero attached hydrogens (tertiary/aromatic N) is 1. The minimum atomic E-state index is -0.769. The number of carboxylic acid groups (broad SMARTS) is 1. The number of hydrogen-bond acceptors (Lipinski definition) is 3. The van der Waals surface area contributed by atoms with E-state index in [0.29, 0.717) is 19.7 Å². The van der Waals surface area contributed by atoms with Crippen molar-refractivity contribution in [2.75, 3.05) is 26.2 Å². The van der Waals surface area contributed by atoms with Gasteiger partial charge in [-0.05, 0) is 18.6 Å². The van der Waals surface area contributed by atoms with Gasteiger partial charge in [0, 0.05) is 19.6 Å². The number of para-hydroxylation sites is 1. The zero-order chi connectivity index (χ0) is 13.9. The lowest BCUT2D eigenvalue weighted by Gasteiger charge is -2.19. The molecular formula is C15H21NO3. The number of ether oxygens (including phenoxy) is 1. The standard InChI is InChI=1S/C15H21NO3/c1-2-10-16(12-9-15(17)18)11-6-13-19-14-7-4-3-5-8-14/h2-5,7-8H,1,6,9-13H2,(H,17,18). The average Bonchev–Trinajstić information content (AvgIpc) is 2.41. The molecule has 0 aromatic heterocycles. The van der Waals surface area contributed by atoms with E-state index in [-0.39, 0.29) is 6.42 Å². The maximum absolute atomic E-state index is 10.5. The Morgan fingerprint density at radius 2 is 2.05 bits per heavy atom. The maximum Gasteiger partial charge on any atom is 0.304 e. The number of carboxylic acids is 1. The summed E-state index contributed by atoms with van der Waals surface area (Å²) in [6.07, 6.45) is 2.82. The molecule has 0 amide bonds. The van der Waals surface area contributed by atoms with Crippen molar-refractivity contribution in [3.63, 3.8) is 0 Å². The topological polar surface area (TPSA) is 49.8 Å². The van der Waals surface area contributed by atoms with Gasteiger partial charge in [0.2, 0.25) is 0 Å². The summed E-state index contributed by atoms with van der Waals surface area (Å²) in [5, 5.41) is 8.67. The smallest absolute Gasteiger partial charge is 0.304 e. The molecule has 1 N–H and O–H groups in total. The predicted octanol–water partition coefficient (Wildman–Crippen LogP) is 2.42. The first-order valence-corrected chi connectivity index (χ1v) is 6.45. The van der Waals surface area contributed by atoms with Crippen LogP contribution in [0.15, 0.2) is 43.0 Å². The Kier molecular flexibility index (Phi) is 7.35. The highest BCUT2D eigenvalue weighted by Gasteiger charge is 2.05. The zero-order valence-corrected chi connectivity index (χ0v) is 11.1. The van der Waals surface area contributed by atoms with Gasteiger partial charge < -0.3 is 9.84 Å². The number of hydrogen-bond donors (Lipinski definition) is 1. The van der Waals surface area contributed by atoms with Crippen LogP contribution >= 0.6 is 0 Å². The van der Waals surface area contributed by atoms with Crippen molar-refractivity contribution in [1.29, 1.82) is 0 Å². The second-order valence-corrected chi connectivity index (χ2v) is 4.25. The molecule has 104 valence electrons. The highest BCUT2D eigenvalue weighted by molar-refractivity contribution is 5.66. The molecule has 1 aromatic carbocycles. The van der Waals surface area contributed by atoms with E-state index in [4.69, 9.17) is 9.84 Å². The fraction of sp³-hybridized carbons (Fsp3) is 0.400. The van der Waals surface area contributed by atoms with Gasteiger partial charge in [-0.2, -0.15) is 0 Å². The van der Waals surface area contributed by atoms with Crippen molar-refractivity contribution in [3.05, 3.63) is 43.0 Å². The Morgan fingerprint density at radius 3 is 2.68 bits per heavy atom. The molecule has 0 aliphatic carbocycles. The molecule has 0 fully saturated rings. The second-order valence-electron chi connectivity index (χ2n) is 4.25. The molecule has 0 radical (unpaired) electrons. The maximum atomic E-state index is 10.5. The average molecular weight is 263 g/mol. The minimum absolute atomic E-state index is 0.160. The highest BCUT2D eigenvalue weighted by Crippen LogP contribution is 2.08. The molecule has 0 bridgehead atoms. The van der Waals surface area contributed by atoms with E-state index in [9.17, 15) is 4.79 Å². The predicted molar refractivity (Wildman–Crippen MR) is 75.4 cm³/mol. The summed E-state index contributed by atoms with van der Waals surface area (Å²) >= 11 is 0. The van der Waals surface area contributed by atoms with Crippen LogP contribution in [0, 0.1) is 0 Å². The van der Waals surface area contributed by atoms with Crippen molar-refractivity contribution < 1.29 is 14.6 Å². The molecule has 0 saturated carbocycles. The van der Waals surface area contributed by atoms with Gasteiger partial charge in [0.15, 0.2) is 0 Å². The van der Waals surface area contributed by atoms with Crippen molar-refractivity contribution in [3.8, 4) is 5.75 Å². The minimum Gasteiger partial charge on any atom is -0.494 e. The molecule has 0 spiro atoms. The number of aliphatic carboxylic acids is 1. The Hall–Kier alpha value is -1.81. The molecule has 0 atom stereocenters. The molecule has 4 nitrogen and oxygen atoms in total. The van der Waals surface area contributed by atoms with Gasteiger partial charge in [-0.1, -0.05) is 24.3 Å². The number of rotatable bonds is 10. The fourth-order valence-corrected chi connectivity index (χ4v) is 1.73. The van der Waals surface area contributed by atoms with Crippen LogP contribution in [-0.4, -0.2) is 42.2 Å². The first kappa shape index (κ1) is 15.2. The molecule has 0 heterocycles. The van der Waals surface area contributed by atoms with Crippen LogP contribution in [0.5, 0.6) is 5.75 Å². The lowest BCUT2D eigenvalue weighted by atomic mass is 10.3. The van der Waals surface area contributed by atoms with E-state index < -0.39 is 5.97 Å². The lowest BCUT2D eigenvalue weighted by molar-refractivity contribution is -0.137. The Bertz CT molecular complexity index is 378. The monoisotopic (exact) mass is 263 g/mol. The summed E-state index contributed by atoms with van der Waals surface area (Å²) in [6, 6.07) is 9.67. The molecule has 0 aliphatic heterocycles. The third-order valence-corrected chi connectivity index (χ3v) is 2.66. The summed E-state index contributed by atoms with van der Waals surface area (Å²) in [6.45, 7) is 6.38. The van der Waals surface area contributed by atoms with Crippen molar-refractivity contribution >= 4 is 5.97 Å². The summed E-state index contributed by atoms with van der Waals surface area (Å²) in [5.74, 6) is 0.0953. The highest BCUT2D eigenvalue weighted by atomic mass is 16.5. The van der Waals surface area contributed by atoms with Crippen LogP contribution in [0.2, 0.25) is 0 Å². The molecule has 0 unspecified atom stereocenters. The van der Waals surface area contributed by atoms with E-state index in [0.717, 1.165) is 18.7 Å². The molecule has 19 heavy (non-hydrogen) atoms. The van der Waals surface area contributed by atoms with E-state index in [1.807, 2.05) is 30.3 Å². The van der Waals surface area contributed by atoms with E-state index in [1.54, 1.807) is 6.08 Å². The van der Waals surface area contributed by atoms with E-state index in [1.165, 1.54) is 0 Å². The summed E-state index contributed by atoms with van der Waals surface area (Å²) in [5.41, 5.74) is 0. The molecule has 4 heteroatoms. The summed E-state index contributed by atoms with van der Waals surface area (Å²) < 4.78 is 5.59. The van der Waals surface area contributed by atoms with Gasteiger partial charge in [0.1, 0.15) is 5.75 Å².